The minimum absolute atomic E-state index is 0.0700. The van der Waals surface area contributed by atoms with E-state index in [4.69, 9.17) is 0 Å². The molecule has 30 heavy (non-hydrogen) atoms. The van der Waals surface area contributed by atoms with Gasteiger partial charge in [0.25, 0.3) is 5.91 Å². The summed E-state index contributed by atoms with van der Waals surface area (Å²) in [5, 5.41) is 4.22. The molecule has 2 heterocycles. The second-order valence-corrected chi connectivity index (χ2v) is 8.13. The first kappa shape index (κ1) is 20.1. The summed E-state index contributed by atoms with van der Waals surface area (Å²) in [6.45, 7) is 1.85. The van der Waals surface area contributed by atoms with E-state index in [0.717, 1.165) is 30.4 Å². The molecule has 1 aliphatic rings. The number of hydrogen-bond acceptors (Lipinski definition) is 3. The van der Waals surface area contributed by atoms with E-state index >= 15 is 0 Å². The predicted octanol–water partition coefficient (Wildman–Crippen LogP) is 3.76. The van der Waals surface area contributed by atoms with E-state index in [1.54, 1.807) is 17.2 Å². The number of carbonyl (C=O) groups excluding carboxylic acids is 2. The van der Waals surface area contributed by atoms with Crippen LogP contribution in [0.5, 0.6) is 0 Å². The van der Waals surface area contributed by atoms with Gasteiger partial charge < -0.3 is 14.8 Å². The number of nitrogens with zero attached hydrogens (tertiary/aromatic N) is 3. The van der Waals surface area contributed by atoms with Gasteiger partial charge in [-0.1, -0.05) is 19.1 Å². The molecule has 2 amide bonds. The van der Waals surface area contributed by atoms with Crippen LogP contribution in [0.3, 0.4) is 0 Å². The molecule has 2 unspecified atom stereocenters. The summed E-state index contributed by atoms with van der Waals surface area (Å²) in [7, 11) is 3.86. The van der Waals surface area contributed by atoms with Crippen molar-refractivity contribution in [3.05, 3.63) is 54.5 Å². The van der Waals surface area contributed by atoms with Crippen molar-refractivity contribution < 1.29 is 9.59 Å². The van der Waals surface area contributed by atoms with Crippen LogP contribution in [-0.2, 0) is 11.8 Å². The topological polar surface area (TPSA) is 67.2 Å². The highest BCUT2D eigenvalue weighted by Crippen LogP contribution is 2.26. The highest BCUT2D eigenvalue weighted by Gasteiger charge is 2.31. The second kappa shape index (κ2) is 8.30. The fraction of sp³-hybridized carbons (Fsp3) is 0.375. The molecule has 0 spiro atoms. The summed E-state index contributed by atoms with van der Waals surface area (Å²) in [4.78, 5) is 30.8. The van der Waals surface area contributed by atoms with Crippen LogP contribution in [-0.4, -0.2) is 45.4 Å². The molecule has 1 N–H and O–H groups in total. The molecule has 2 atom stereocenters. The monoisotopic (exact) mass is 404 g/mol. The predicted molar refractivity (Wildman–Crippen MR) is 118 cm³/mol. The molecular formula is C24H28N4O2. The zero-order valence-electron chi connectivity index (χ0n) is 17.8. The Labute approximate surface area is 176 Å². The van der Waals surface area contributed by atoms with Crippen LogP contribution in [0.4, 0.5) is 0 Å². The van der Waals surface area contributed by atoms with Crippen LogP contribution in [0.2, 0.25) is 0 Å². The smallest absolute Gasteiger partial charge is 0.272 e. The largest absolute Gasteiger partial charge is 0.353 e. The van der Waals surface area contributed by atoms with Gasteiger partial charge in [-0.15, -0.1) is 0 Å². The van der Waals surface area contributed by atoms with Gasteiger partial charge in [-0.05, 0) is 49.1 Å². The van der Waals surface area contributed by atoms with Crippen LogP contribution < -0.4 is 5.32 Å². The van der Waals surface area contributed by atoms with Crippen molar-refractivity contribution in [1.82, 2.24) is 19.8 Å². The SMILES string of the molecule is CCC(=O)NC1CCC(N(C)C(=O)c2ccc(-c3ccc4c(ccn4C)c3)cn2)C1. The van der Waals surface area contributed by atoms with Crippen molar-refractivity contribution in [2.24, 2.45) is 7.05 Å². The molecular weight excluding hydrogens is 376 g/mol. The number of carbonyl (C=O) groups is 2. The van der Waals surface area contributed by atoms with E-state index in [9.17, 15) is 9.59 Å². The van der Waals surface area contributed by atoms with E-state index in [2.05, 4.69) is 39.1 Å². The number of benzene rings is 1. The highest BCUT2D eigenvalue weighted by atomic mass is 16.2. The van der Waals surface area contributed by atoms with Gasteiger partial charge in [-0.25, -0.2) is 0 Å². The summed E-state index contributed by atoms with van der Waals surface area (Å²) in [6, 6.07) is 12.5. The lowest BCUT2D eigenvalue weighted by Gasteiger charge is -2.24. The molecule has 1 fully saturated rings. The zero-order valence-corrected chi connectivity index (χ0v) is 17.8. The normalized spacial score (nSPS) is 18.5. The Hall–Kier alpha value is -3.15. The fourth-order valence-electron chi connectivity index (χ4n) is 4.27. The van der Waals surface area contributed by atoms with E-state index in [1.165, 1.54) is 10.9 Å². The lowest BCUT2D eigenvalue weighted by molar-refractivity contribution is -0.121. The first-order chi connectivity index (χ1) is 14.5. The first-order valence-corrected chi connectivity index (χ1v) is 10.5. The number of fused-ring (bicyclic) bond motifs is 1. The lowest BCUT2D eigenvalue weighted by Crippen LogP contribution is -2.38. The minimum atomic E-state index is -0.0764. The van der Waals surface area contributed by atoms with Crippen molar-refractivity contribution in [3.63, 3.8) is 0 Å². The van der Waals surface area contributed by atoms with Crippen molar-refractivity contribution in [1.29, 1.82) is 0 Å². The van der Waals surface area contributed by atoms with Crippen LogP contribution in [0.15, 0.2) is 48.8 Å². The Morgan fingerprint density at radius 3 is 2.70 bits per heavy atom. The van der Waals surface area contributed by atoms with Gasteiger partial charge in [0.15, 0.2) is 0 Å². The Balaban J connectivity index is 1.44. The van der Waals surface area contributed by atoms with Crippen molar-refractivity contribution in [2.45, 2.75) is 44.7 Å². The maximum atomic E-state index is 12.9. The first-order valence-electron chi connectivity index (χ1n) is 10.5. The molecule has 0 radical (unpaired) electrons. The maximum absolute atomic E-state index is 12.9. The average molecular weight is 405 g/mol. The minimum Gasteiger partial charge on any atom is -0.353 e. The van der Waals surface area contributed by atoms with Gasteiger partial charge >= 0.3 is 0 Å². The van der Waals surface area contributed by atoms with Crippen molar-refractivity contribution in [3.8, 4) is 11.1 Å². The number of amides is 2. The van der Waals surface area contributed by atoms with Crippen LogP contribution >= 0.6 is 0 Å². The van der Waals surface area contributed by atoms with Gasteiger partial charge in [-0.3, -0.25) is 14.6 Å². The molecule has 0 aliphatic heterocycles. The quantitative estimate of drug-likeness (QED) is 0.704. The van der Waals surface area contributed by atoms with Gasteiger partial charge in [0.05, 0.1) is 0 Å². The number of pyridine rings is 1. The van der Waals surface area contributed by atoms with Crippen molar-refractivity contribution >= 4 is 22.7 Å². The number of rotatable bonds is 5. The summed E-state index contributed by atoms with van der Waals surface area (Å²) >= 11 is 0. The van der Waals surface area contributed by atoms with E-state index in [1.807, 2.05) is 33.3 Å². The number of aryl methyl sites for hydroxylation is 1. The van der Waals surface area contributed by atoms with Crippen LogP contribution in [0.25, 0.3) is 22.0 Å². The van der Waals surface area contributed by atoms with Crippen molar-refractivity contribution in [2.75, 3.05) is 7.05 Å². The van der Waals surface area contributed by atoms with Gasteiger partial charge in [0.1, 0.15) is 5.69 Å². The van der Waals surface area contributed by atoms with E-state index < -0.39 is 0 Å². The maximum Gasteiger partial charge on any atom is 0.272 e. The summed E-state index contributed by atoms with van der Waals surface area (Å²) in [6.07, 6.45) is 6.90. The van der Waals surface area contributed by atoms with Gasteiger partial charge in [0, 0.05) is 61.5 Å². The third-order valence-electron chi connectivity index (χ3n) is 6.16. The molecule has 6 nitrogen and oxygen atoms in total. The Morgan fingerprint density at radius 2 is 1.97 bits per heavy atom. The third-order valence-corrected chi connectivity index (χ3v) is 6.16. The lowest BCUT2D eigenvalue weighted by atomic mass is 10.1. The summed E-state index contributed by atoms with van der Waals surface area (Å²) in [5.41, 5.74) is 3.70. The molecule has 1 aliphatic carbocycles. The molecule has 156 valence electrons. The summed E-state index contributed by atoms with van der Waals surface area (Å²) < 4.78 is 2.09. The molecule has 2 aromatic heterocycles. The Kier molecular flexibility index (Phi) is 5.57. The van der Waals surface area contributed by atoms with E-state index in [0.29, 0.717) is 12.1 Å². The zero-order chi connectivity index (χ0) is 21.3. The number of aromatic nitrogens is 2. The average Bonchev–Trinajstić information content (AvgIpc) is 3.39. The van der Waals surface area contributed by atoms with Crippen LogP contribution in [0.1, 0.15) is 43.1 Å². The summed E-state index contributed by atoms with van der Waals surface area (Å²) in [5.74, 6) is -0.00638. The second-order valence-electron chi connectivity index (χ2n) is 8.13. The van der Waals surface area contributed by atoms with E-state index in [-0.39, 0.29) is 23.9 Å². The third kappa shape index (κ3) is 3.95. The Bertz CT molecular complexity index is 1070. The van der Waals surface area contributed by atoms with Crippen LogP contribution in [0, 0.1) is 0 Å². The molecule has 6 heteroatoms. The number of nitrogens with one attached hydrogen (secondary N) is 1. The molecule has 0 bridgehead atoms. The van der Waals surface area contributed by atoms with Gasteiger partial charge in [-0.2, -0.15) is 0 Å². The standard InChI is InChI=1S/C24H28N4O2/c1-4-23(29)26-19-7-8-20(14-19)28(3)24(30)21-9-5-18(15-25-21)16-6-10-22-17(13-16)11-12-27(22)2/h5-6,9-13,15,19-20H,4,7-8,14H2,1-3H3,(H,26,29). The molecule has 1 saturated carbocycles. The van der Waals surface area contributed by atoms with Gasteiger partial charge in [0.2, 0.25) is 5.91 Å². The fourth-order valence-corrected chi connectivity index (χ4v) is 4.27. The molecule has 4 rings (SSSR count). The highest BCUT2D eigenvalue weighted by molar-refractivity contribution is 5.93. The number of hydrogen-bond donors (Lipinski definition) is 1. The molecule has 3 aromatic rings. The molecule has 0 saturated heterocycles. The Morgan fingerprint density at radius 1 is 1.17 bits per heavy atom. The molecule has 1 aromatic carbocycles.